The van der Waals surface area contributed by atoms with Gasteiger partial charge in [-0.2, -0.15) is 0 Å². The largest absolute Gasteiger partial charge is 0.327 e. The van der Waals surface area contributed by atoms with Crippen LogP contribution in [0.1, 0.15) is 69.8 Å². The fourth-order valence-electron chi connectivity index (χ4n) is 2.97. The molecular formula is C16H27N3. The van der Waals surface area contributed by atoms with E-state index in [0.29, 0.717) is 5.92 Å². The SMILES string of the molecule is CCC(N)Cc1ccnc(C2CCC(CC)CC2)n1. The molecule has 0 radical (unpaired) electrons. The van der Waals surface area contributed by atoms with Crippen molar-refractivity contribution in [2.24, 2.45) is 11.7 Å². The van der Waals surface area contributed by atoms with E-state index in [-0.39, 0.29) is 6.04 Å². The summed E-state index contributed by atoms with van der Waals surface area (Å²) in [4.78, 5) is 9.24. The van der Waals surface area contributed by atoms with Gasteiger partial charge >= 0.3 is 0 Å². The van der Waals surface area contributed by atoms with Gasteiger partial charge in [-0.25, -0.2) is 9.97 Å². The standard InChI is InChI=1S/C16H27N3/c1-3-12-5-7-13(8-6-12)16-18-10-9-15(19-16)11-14(17)4-2/h9-10,12-14H,3-8,11,17H2,1-2H3. The van der Waals surface area contributed by atoms with Crippen molar-refractivity contribution < 1.29 is 0 Å². The van der Waals surface area contributed by atoms with Gasteiger partial charge in [0.15, 0.2) is 0 Å². The van der Waals surface area contributed by atoms with E-state index in [0.717, 1.165) is 30.3 Å². The smallest absolute Gasteiger partial charge is 0.131 e. The van der Waals surface area contributed by atoms with Gasteiger partial charge in [0.25, 0.3) is 0 Å². The predicted octanol–water partition coefficient (Wildman–Crippen LogP) is 3.44. The van der Waals surface area contributed by atoms with Crippen LogP contribution in [0.5, 0.6) is 0 Å². The lowest BCUT2D eigenvalue weighted by atomic mass is 9.80. The molecule has 1 fully saturated rings. The highest BCUT2D eigenvalue weighted by Crippen LogP contribution is 2.35. The second-order valence-electron chi connectivity index (χ2n) is 5.90. The summed E-state index contributed by atoms with van der Waals surface area (Å²) in [6.45, 7) is 4.42. The maximum atomic E-state index is 6.01. The lowest BCUT2D eigenvalue weighted by Gasteiger charge is -2.26. The van der Waals surface area contributed by atoms with E-state index >= 15 is 0 Å². The number of rotatable bonds is 5. The van der Waals surface area contributed by atoms with E-state index < -0.39 is 0 Å². The van der Waals surface area contributed by atoms with Gasteiger partial charge in [-0.3, -0.25) is 0 Å². The number of nitrogens with zero attached hydrogens (tertiary/aromatic N) is 2. The molecule has 1 aliphatic rings. The molecule has 1 unspecified atom stereocenters. The van der Waals surface area contributed by atoms with Crippen LogP contribution >= 0.6 is 0 Å². The normalized spacial score (nSPS) is 25.2. The topological polar surface area (TPSA) is 51.8 Å². The number of hydrogen-bond donors (Lipinski definition) is 1. The maximum absolute atomic E-state index is 6.01. The summed E-state index contributed by atoms with van der Waals surface area (Å²) in [5.74, 6) is 2.55. The van der Waals surface area contributed by atoms with Crippen molar-refractivity contribution >= 4 is 0 Å². The van der Waals surface area contributed by atoms with Crippen molar-refractivity contribution in [1.82, 2.24) is 9.97 Å². The molecule has 2 rings (SSSR count). The zero-order valence-electron chi connectivity index (χ0n) is 12.3. The average Bonchev–Trinajstić information content (AvgIpc) is 2.47. The molecule has 0 spiro atoms. The van der Waals surface area contributed by atoms with E-state index in [2.05, 4.69) is 18.8 Å². The Hall–Kier alpha value is -0.960. The van der Waals surface area contributed by atoms with Crippen molar-refractivity contribution in [2.75, 3.05) is 0 Å². The van der Waals surface area contributed by atoms with Gasteiger partial charge in [-0.05, 0) is 44.1 Å². The molecule has 0 aliphatic heterocycles. The molecule has 1 saturated carbocycles. The number of hydrogen-bond acceptors (Lipinski definition) is 3. The molecule has 19 heavy (non-hydrogen) atoms. The van der Waals surface area contributed by atoms with Crippen LogP contribution in [0.4, 0.5) is 0 Å². The molecule has 1 atom stereocenters. The fraction of sp³-hybridized carbons (Fsp3) is 0.750. The second kappa shape index (κ2) is 6.99. The van der Waals surface area contributed by atoms with Crippen molar-refractivity contribution in [2.45, 2.75) is 70.8 Å². The van der Waals surface area contributed by atoms with Gasteiger partial charge in [-0.1, -0.05) is 20.3 Å². The summed E-state index contributed by atoms with van der Waals surface area (Å²) < 4.78 is 0. The minimum Gasteiger partial charge on any atom is -0.327 e. The molecule has 0 bridgehead atoms. The summed E-state index contributed by atoms with van der Waals surface area (Å²) in [6.07, 6.45) is 10.3. The molecule has 1 heterocycles. The first-order valence-corrected chi connectivity index (χ1v) is 7.80. The summed E-state index contributed by atoms with van der Waals surface area (Å²) >= 11 is 0. The van der Waals surface area contributed by atoms with Crippen LogP contribution in [0.15, 0.2) is 12.3 Å². The number of aromatic nitrogens is 2. The second-order valence-corrected chi connectivity index (χ2v) is 5.90. The van der Waals surface area contributed by atoms with E-state index in [1.54, 1.807) is 0 Å². The van der Waals surface area contributed by atoms with E-state index in [1.165, 1.54) is 32.1 Å². The first-order valence-electron chi connectivity index (χ1n) is 7.80. The van der Waals surface area contributed by atoms with Crippen LogP contribution in [-0.2, 0) is 6.42 Å². The highest BCUT2D eigenvalue weighted by atomic mass is 14.9. The highest BCUT2D eigenvalue weighted by Gasteiger charge is 2.23. The third-order valence-corrected chi connectivity index (χ3v) is 4.52. The Morgan fingerprint density at radius 1 is 1.26 bits per heavy atom. The van der Waals surface area contributed by atoms with Crippen molar-refractivity contribution in [3.63, 3.8) is 0 Å². The predicted molar refractivity (Wildman–Crippen MR) is 79.0 cm³/mol. The molecule has 1 aliphatic carbocycles. The summed E-state index contributed by atoms with van der Waals surface area (Å²) in [6, 6.07) is 2.23. The molecule has 0 amide bonds. The van der Waals surface area contributed by atoms with E-state index in [1.807, 2.05) is 12.3 Å². The summed E-state index contributed by atoms with van der Waals surface area (Å²) in [5.41, 5.74) is 7.12. The van der Waals surface area contributed by atoms with Crippen LogP contribution < -0.4 is 5.73 Å². The molecule has 106 valence electrons. The quantitative estimate of drug-likeness (QED) is 0.883. The molecule has 1 aromatic heterocycles. The number of nitrogens with two attached hydrogens (primary N) is 1. The van der Waals surface area contributed by atoms with Gasteiger partial charge in [0.2, 0.25) is 0 Å². The summed E-state index contributed by atoms with van der Waals surface area (Å²) in [7, 11) is 0. The molecule has 0 saturated heterocycles. The Bertz CT molecular complexity index is 383. The van der Waals surface area contributed by atoms with E-state index in [4.69, 9.17) is 10.7 Å². The van der Waals surface area contributed by atoms with Crippen LogP contribution in [-0.4, -0.2) is 16.0 Å². The Labute approximate surface area is 117 Å². The molecule has 0 aromatic carbocycles. The van der Waals surface area contributed by atoms with Crippen LogP contribution in [0.2, 0.25) is 0 Å². The highest BCUT2D eigenvalue weighted by molar-refractivity contribution is 5.08. The molecule has 2 N–H and O–H groups in total. The Kier molecular flexibility index (Phi) is 5.32. The van der Waals surface area contributed by atoms with Crippen LogP contribution in [0, 0.1) is 5.92 Å². The Morgan fingerprint density at radius 2 is 2.00 bits per heavy atom. The first kappa shape index (κ1) is 14.4. The minimum absolute atomic E-state index is 0.221. The van der Waals surface area contributed by atoms with Gasteiger partial charge < -0.3 is 5.73 Å². The summed E-state index contributed by atoms with van der Waals surface area (Å²) in [5, 5.41) is 0. The lowest BCUT2D eigenvalue weighted by molar-refractivity contribution is 0.311. The zero-order chi connectivity index (χ0) is 13.7. The molecule has 3 heteroatoms. The monoisotopic (exact) mass is 261 g/mol. The van der Waals surface area contributed by atoms with E-state index in [9.17, 15) is 0 Å². The van der Waals surface area contributed by atoms with Gasteiger partial charge in [-0.15, -0.1) is 0 Å². The van der Waals surface area contributed by atoms with Crippen molar-refractivity contribution in [1.29, 1.82) is 0 Å². The maximum Gasteiger partial charge on any atom is 0.131 e. The van der Waals surface area contributed by atoms with Gasteiger partial charge in [0.1, 0.15) is 5.82 Å². The van der Waals surface area contributed by atoms with Gasteiger partial charge in [0.05, 0.1) is 0 Å². The van der Waals surface area contributed by atoms with Crippen molar-refractivity contribution in [3.05, 3.63) is 23.8 Å². The third kappa shape index (κ3) is 4.00. The molecular weight excluding hydrogens is 234 g/mol. The lowest BCUT2D eigenvalue weighted by Crippen LogP contribution is -2.22. The zero-order valence-corrected chi connectivity index (χ0v) is 12.3. The van der Waals surface area contributed by atoms with Crippen LogP contribution in [0.25, 0.3) is 0 Å². The Balaban J connectivity index is 1.99. The molecule has 1 aromatic rings. The van der Waals surface area contributed by atoms with Gasteiger partial charge in [0, 0.05) is 30.3 Å². The van der Waals surface area contributed by atoms with Crippen LogP contribution in [0.3, 0.4) is 0 Å². The Morgan fingerprint density at radius 3 is 2.63 bits per heavy atom. The first-order chi connectivity index (χ1) is 9.22. The minimum atomic E-state index is 0.221. The fourth-order valence-corrected chi connectivity index (χ4v) is 2.97. The average molecular weight is 261 g/mol. The third-order valence-electron chi connectivity index (χ3n) is 4.52. The molecule has 3 nitrogen and oxygen atoms in total. The van der Waals surface area contributed by atoms with Crippen molar-refractivity contribution in [3.8, 4) is 0 Å².